The zero-order valence-electron chi connectivity index (χ0n) is 11.7. The number of H-pyrrole nitrogens is 1. The average molecular weight is 310 g/mol. The number of aryl methyl sites for hydroxylation is 1. The first-order chi connectivity index (χ1) is 9.70. The van der Waals surface area contributed by atoms with E-state index < -0.39 is 0 Å². The largest absolute Gasteiger partial charge is 0.482 e. The Morgan fingerprint density at radius 2 is 2.05 bits per heavy atom. The van der Waals surface area contributed by atoms with Crippen LogP contribution in [0.15, 0.2) is 18.2 Å². The molecule has 112 valence electrons. The van der Waals surface area contributed by atoms with Gasteiger partial charge in [0, 0.05) is 24.0 Å². The first-order valence-electron chi connectivity index (χ1n) is 6.95. The molecule has 2 aliphatic heterocycles. The van der Waals surface area contributed by atoms with Crippen LogP contribution in [0, 0.1) is 12.7 Å². The highest BCUT2D eigenvalue weighted by Crippen LogP contribution is 2.49. The van der Waals surface area contributed by atoms with Gasteiger partial charge in [0.05, 0.1) is 11.4 Å². The predicted molar refractivity (Wildman–Crippen MR) is 80.4 cm³/mol. The summed E-state index contributed by atoms with van der Waals surface area (Å²) >= 11 is 0. The van der Waals surface area contributed by atoms with E-state index >= 15 is 0 Å². The van der Waals surface area contributed by atoms with E-state index in [-0.39, 0.29) is 23.8 Å². The summed E-state index contributed by atoms with van der Waals surface area (Å²) in [5.41, 5.74) is 3.38. The van der Waals surface area contributed by atoms with Gasteiger partial charge in [-0.25, -0.2) is 4.39 Å². The third-order valence-electron chi connectivity index (χ3n) is 4.33. The van der Waals surface area contributed by atoms with Crippen LogP contribution in [0.25, 0.3) is 11.3 Å². The number of aromatic amines is 1. The molecule has 6 heteroatoms. The molecule has 2 aliphatic rings. The highest BCUT2D eigenvalue weighted by Gasteiger charge is 2.44. The normalized spacial score (nSPS) is 18.4. The number of halogens is 2. The molecule has 0 bridgehead atoms. The van der Waals surface area contributed by atoms with Gasteiger partial charge in [0.15, 0.2) is 0 Å². The second-order valence-electron chi connectivity index (χ2n) is 5.55. The summed E-state index contributed by atoms with van der Waals surface area (Å²) in [5, 5.41) is 10.8. The lowest BCUT2D eigenvalue weighted by Crippen LogP contribution is -2.45. The Balaban J connectivity index is 0.00000132. The van der Waals surface area contributed by atoms with Crippen LogP contribution >= 0.6 is 12.4 Å². The lowest BCUT2D eigenvalue weighted by molar-refractivity contribution is 0.0301. The second kappa shape index (κ2) is 5.00. The Morgan fingerprint density at radius 3 is 2.81 bits per heavy atom. The molecule has 0 amide bonds. The topological polar surface area (TPSA) is 49.9 Å². The summed E-state index contributed by atoms with van der Waals surface area (Å²) in [4.78, 5) is 0. The van der Waals surface area contributed by atoms with Crippen molar-refractivity contribution >= 4 is 12.4 Å². The smallest absolute Gasteiger partial charge is 0.140 e. The molecular weight excluding hydrogens is 293 g/mol. The number of hydrogen-bond donors (Lipinski definition) is 2. The van der Waals surface area contributed by atoms with Gasteiger partial charge < -0.3 is 10.1 Å². The lowest BCUT2D eigenvalue weighted by atomic mass is 9.80. The van der Waals surface area contributed by atoms with Crippen molar-refractivity contribution in [3.8, 4) is 17.0 Å². The zero-order chi connectivity index (χ0) is 13.7. The number of aromatic nitrogens is 2. The van der Waals surface area contributed by atoms with Crippen molar-refractivity contribution in [2.45, 2.75) is 25.4 Å². The maximum atomic E-state index is 13.5. The Labute approximate surface area is 128 Å². The minimum absolute atomic E-state index is 0. The van der Waals surface area contributed by atoms with Gasteiger partial charge in [-0.1, -0.05) is 0 Å². The predicted octanol–water partition coefficient (Wildman–Crippen LogP) is 2.92. The Bertz CT molecular complexity index is 680. The van der Waals surface area contributed by atoms with E-state index in [1.165, 1.54) is 12.1 Å². The van der Waals surface area contributed by atoms with Crippen LogP contribution in [0.3, 0.4) is 0 Å². The third-order valence-corrected chi connectivity index (χ3v) is 4.33. The first kappa shape index (κ1) is 14.4. The van der Waals surface area contributed by atoms with Crippen molar-refractivity contribution in [2.24, 2.45) is 0 Å². The maximum absolute atomic E-state index is 13.5. The van der Waals surface area contributed by atoms with E-state index in [1.807, 2.05) is 6.92 Å². The number of nitrogens with zero attached hydrogens (tertiary/aromatic N) is 1. The van der Waals surface area contributed by atoms with E-state index in [1.54, 1.807) is 6.07 Å². The number of benzene rings is 1. The van der Waals surface area contributed by atoms with E-state index in [2.05, 4.69) is 15.5 Å². The minimum Gasteiger partial charge on any atom is -0.482 e. The van der Waals surface area contributed by atoms with Gasteiger partial charge in [-0.05, 0) is 38.2 Å². The molecule has 4 nitrogen and oxygen atoms in total. The Hall–Kier alpha value is -1.59. The third kappa shape index (κ3) is 2.03. The summed E-state index contributed by atoms with van der Waals surface area (Å²) in [6, 6.07) is 4.68. The molecule has 2 aromatic rings. The molecule has 0 atom stereocenters. The number of fused-ring (bicyclic) bond motifs is 4. The highest BCUT2D eigenvalue weighted by atomic mass is 35.5. The van der Waals surface area contributed by atoms with Gasteiger partial charge >= 0.3 is 0 Å². The van der Waals surface area contributed by atoms with Crippen molar-refractivity contribution in [3.63, 3.8) is 0 Å². The number of nitrogens with one attached hydrogen (secondary N) is 2. The summed E-state index contributed by atoms with van der Waals surface area (Å²) in [7, 11) is 0. The first-order valence-corrected chi connectivity index (χ1v) is 6.95. The van der Waals surface area contributed by atoms with Crippen molar-refractivity contribution in [1.82, 2.24) is 15.5 Å². The molecule has 1 spiro atoms. The lowest BCUT2D eigenvalue weighted by Gasteiger charge is -2.41. The Kier molecular flexibility index (Phi) is 3.42. The quantitative estimate of drug-likeness (QED) is 0.786. The fourth-order valence-electron chi connectivity index (χ4n) is 3.42. The van der Waals surface area contributed by atoms with E-state index in [0.717, 1.165) is 54.2 Å². The molecule has 4 rings (SSSR count). The van der Waals surface area contributed by atoms with Crippen molar-refractivity contribution in [3.05, 3.63) is 35.3 Å². The summed E-state index contributed by atoms with van der Waals surface area (Å²) in [6.45, 7) is 3.81. The van der Waals surface area contributed by atoms with Gasteiger partial charge in [-0.2, -0.15) is 5.10 Å². The molecule has 1 aromatic carbocycles. The van der Waals surface area contributed by atoms with Gasteiger partial charge in [0.25, 0.3) is 0 Å². The van der Waals surface area contributed by atoms with Gasteiger partial charge in [-0.3, -0.25) is 5.10 Å². The summed E-state index contributed by atoms with van der Waals surface area (Å²) < 4.78 is 19.8. The van der Waals surface area contributed by atoms with Crippen LogP contribution in [-0.2, 0) is 5.60 Å². The molecule has 1 saturated heterocycles. The molecule has 0 radical (unpaired) electrons. The van der Waals surface area contributed by atoms with E-state index in [9.17, 15) is 4.39 Å². The SMILES string of the molecule is Cc1n[nH]c2c1C1(CCNCC1)Oc1ccc(F)cc1-2.Cl. The monoisotopic (exact) mass is 309 g/mol. The van der Waals surface area contributed by atoms with Crippen LogP contribution in [0.1, 0.15) is 24.1 Å². The van der Waals surface area contributed by atoms with Crippen molar-refractivity contribution < 1.29 is 9.13 Å². The summed E-state index contributed by atoms with van der Waals surface area (Å²) in [6.07, 6.45) is 1.80. The molecule has 0 saturated carbocycles. The second-order valence-corrected chi connectivity index (χ2v) is 5.55. The zero-order valence-corrected chi connectivity index (χ0v) is 12.5. The molecule has 0 aliphatic carbocycles. The molecule has 1 aromatic heterocycles. The van der Waals surface area contributed by atoms with E-state index in [0.29, 0.717) is 0 Å². The molecule has 1 fully saturated rings. The maximum Gasteiger partial charge on any atom is 0.140 e. The molecule has 2 N–H and O–H groups in total. The number of rotatable bonds is 0. The van der Waals surface area contributed by atoms with Gasteiger partial charge in [-0.15, -0.1) is 12.4 Å². The van der Waals surface area contributed by atoms with Crippen molar-refractivity contribution in [1.29, 1.82) is 0 Å². The van der Waals surface area contributed by atoms with Crippen LogP contribution in [0.5, 0.6) is 5.75 Å². The summed E-state index contributed by atoms with van der Waals surface area (Å²) in [5.74, 6) is 0.483. The van der Waals surface area contributed by atoms with E-state index in [4.69, 9.17) is 4.74 Å². The number of piperidine rings is 1. The van der Waals surface area contributed by atoms with Gasteiger partial charge in [0.2, 0.25) is 0 Å². The molecular formula is C15H17ClFN3O. The molecule has 0 unspecified atom stereocenters. The average Bonchev–Trinajstić information content (AvgIpc) is 2.85. The van der Waals surface area contributed by atoms with Crippen LogP contribution < -0.4 is 10.1 Å². The fraction of sp³-hybridized carbons (Fsp3) is 0.400. The minimum atomic E-state index is -0.331. The standard InChI is InChI=1S/C15H16FN3O.ClH/c1-9-13-14(19-18-9)11-8-10(16)2-3-12(11)20-15(13)4-6-17-7-5-15;/h2-3,8,17H,4-7H2,1H3,(H,18,19);1H. The van der Waals surface area contributed by atoms with Gasteiger partial charge in [0.1, 0.15) is 17.2 Å². The molecule has 21 heavy (non-hydrogen) atoms. The van der Waals surface area contributed by atoms with Crippen LogP contribution in [-0.4, -0.2) is 23.3 Å². The van der Waals surface area contributed by atoms with Crippen molar-refractivity contribution in [2.75, 3.05) is 13.1 Å². The number of hydrogen-bond acceptors (Lipinski definition) is 3. The molecule has 3 heterocycles. The van der Waals surface area contributed by atoms with Crippen LogP contribution in [0.2, 0.25) is 0 Å². The Morgan fingerprint density at radius 1 is 1.29 bits per heavy atom. The fourth-order valence-corrected chi connectivity index (χ4v) is 3.42. The number of ether oxygens (including phenoxy) is 1. The highest BCUT2D eigenvalue weighted by molar-refractivity contribution is 5.85. The van der Waals surface area contributed by atoms with Crippen LogP contribution in [0.4, 0.5) is 4.39 Å².